The fourth-order valence-electron chi connectivity index (χ4n) is 2.00. The van der Waals surface area contributed by atoms with Crippen molar-refractivity contribution in [3.05, 3.63) is 16.1 Å². The number of aryl methyl sites for hydroxylation is 1. The highest BCUT2D eigenvalue weighted by Gasteiger charge is 2.18. The molecule has 2 N–H and O–H groups in total. The van der Waals surface area contributed by atoms with E-state index in [0.717, 1.165) is 16.5 Å². The average Bonchev–Trinajstić information content (AvgIpc) is 2.84. The van der Waals surface area contributed by atoms with Crippen LogP contribution in [0.5, 0.6) is 0 Å². The van der Waals surface area contributed by atoms with Crippen molar-refractivity contribution in [2.45, 2.75) is 39.2 Å². The Balaban J connectivity index is 1.92. The molecule has 2 rings (SSSR count). The van der Waals surface area contributed by atoms with Crippen LogP contribution in [0.1, 0.15) is 36.4 Å². The summed E-state index contributed by atoms with van der Waals surface area (Å²) < 4.78 is 0. The Labute approximate surface area is 94.4 Å². The second-order valence-corrected chi connectivity index (χ2v) is 5.14. The zero-order chi connectivity index (χ0) is 10.7. The van der Waals surface area contributed by atoms with Gasteiger partial charge in [-0.3, -0.25) is 4.99 Å². The summed E-state index contributed by atoms with van der Waals surface area (Å²) in [6.07, 6.45) is 5.03. The summed E-state index contributed by atoms with van der Waals surface area (Å²) in [7, 11) is 0. The van der Waals surface area contributed by atoms with Gasteiger partial charge < -0.3 is 5.73 Å². The van der Waals surface area contributed by atoms with E-state index in [1.54, 1.807) is 11.3 Å². The maximum absolute atomic E-state index is 5.96. The van der Waals surface area contributed by atoms with E-state index in [-0.39, 0.29) is 0 Å². The lowest BCUT2D eigenvalue weighted by molar-refractivity contribution is 0.714. The number of nitrogens with two attached hydrogens (primary N) is 1. The Hall–Kier alpha value is -0.900. The Morgan fingerprint density at radius 1 is 1.60 bits per heavy atom. The molecule has 0 aliphatic heterocycles. The van der Waals surface area contributed by atoms with Crippen molar-refractivity contribution in [3.8, 4) is 0 Å². The summed E-state index contributed by atoms with van der Waals surface area (Å²) in [4.78, 5) is 8.79. The molecule has 1 saturated carbocycles. The first kappa shape index (κ1) is 10.6. The van der Waals surface area contributed by atoms with Crippen molar-refractivity contribution in [2.24, 2.45) is 16.6 Å². The van der Waals surface area contributed by atoms with Gasteiger partial charge in [0.1, 0.15) is 0 Å². The topological polar surface area (TPSA) is 51.3 Å². The van der Waals surface area contributed by atoms with Gasteiger partial charge >= 0.3 is 0 Å². The molecule has 1 heterocycles. The number of rotatable bonds is 3. The van der Waals surface area contributed by atoms with Crippen molar-refractivity contribution < 1.29 is 0 Å². The summed E-state index contributed by atoms with van der Waals surface area (Å²) in [6.45, 7) is 2.66. The normalized spacial score (nSPS) is 18.6. The molecule has 0 saturated heterocycles. The molecule has 0 unspecified atom stereocenters. The van der Waals surface area contributed by atoms with Crippen LogP contribution < -0.4 is 5.73 Å². The Morgan fingerprint density at radius 2 is 2.33 bits per heavy atom. The minimum atomic E-state index is 0.532. The van der Waals surface area contributed by atoms with E-state index in [2.05, 4.69) is 15.4 Å². The van der Waals surface area contributed by atoms with Crippen LogP contribution in [0.25, 0.3) is 0 Å². The quantitative estimate of drug-likeness (QED) is 0.632. The molecule has 0 amide bonds. The maximum Gasteiger partial charge on any atom is 0.0973 e. The second-order valence-electron chi connectivity index (χ2n) is 4.08. The van der Waals surface area contributed by atoms with Crippen molar-refractivity contribution >= 4 is 17.2 Å². The smallest absolute Gasteiger partial charge is 0.0973 e. The van der Waals surface area contributed by atoms with E-state index in [1.807, 2.05) is 6.92 Å². The lowest BCUT2D eigenvalue weighted by Gasteiger charge is -2.07. The Morgan fingerprint density at radius 3 is 2.93 bits per heavy atom. The van der Waals surface area contributed by atoms with E-state index in [1.165, 1.54) is 25.7 Å². The molecule has 1 aromatic heterocycles. The fourth-order valence-corrected chi connectivity index (χ4v) is 2.61. The van der Waals surface area contributed by atoms with E-state index < -0.39 is 0 Å². The van der Waals surface area contributed by atoms with Crippen LogP contribution in [0.2, 0.25) is 0 Å². The molecule has 0 radical (unpaired) electrons. The van der Waals surface area contributed by atoms with Crippen molar-refractivity contribution in [1.82, 2.24) is 4.98 Å². The third kappa shape index (κ3) is 2.78. The van der Waals surface area contributed by atoms with Crippen LogP contribution in [0.4, 0.5) is 0 Å². The van der Waals surface area contributed by atoms with Gasteiger partial charge in [-0.1, -0.05) is 12.8 Å². The summed E-state index contributed by atoms with van der Waals surface area (Å²) in [5, 5.41) is 3.15. The van der Waals surface area contributed by atoms with Crippen LogP contribution in [0.15, 0.2) is 10.4 Å². The van der Waals surface area contributed by atoms with Crippen LogP contribution in [0, 0.1) is 12.8 Å². The molecule has 4 heteroatoms. The third-order valence-electron chi connectivity index (χ3n) is 2.86. The molecule has 0 spiro atoms. The van der Waals surface area contributed by atoms with Crippen molar-refractivity contribution in [3.63, 3.8) is 0 Å². The van der Waals surface area contributed by atoms with Crippen LogP contribution >= 0.6 is 11.3 Å². The van der Waals surface area contributed by atoms with Crippen LogP contribution in [0.3, 0.4) is 0 Å². The molecular weight excluding hydrogens is 206 g/mol. The standard InChI is InChI=1S/C11H17N3S/c1-8-14-10(7-15-8)6-13-11(12)9-4-2-3-5-9/h7,9H,2-6H2,1H3,(H2,12,13). The molecule has 0 aromatic carbocycles. The van der Waals surface area contributed by atoms with Crippen molar-refractivity contribution in [2.75, 3.05) is 0 Å². The van der Waals surface area contributed by atoms with Crippen LogP contribution in [-0.4, -0.2) is 10.8 Å². The Kier molecular flexibility index (Phi) is 3.36. The highest BCUT2D eigenvalue weighted by Crippen LogP contribution is 2.24. The summed E-state index contributed by atoms with van der Waals surface area (Å²) >= 11 is 1.67. The predicted molar refractivity (Wildman–Crippen MR) is 64.1 cm³/mol. The van der Waals surface area contributed by atoms with Gasteiger partial charge in [0.2, 0.25) is 0 Å². The van der Waals surface area contributed by atoms with E-state index in [4.69, 9.17) is 5.73 Å². The monoisotopic (exact) mass is 223 g/mol. The van der Waals surface area contributed by atoms with E-state index in [0.29, 0.717) is 12.5 Å². The number of thiazole rings is 1. The van der Waals surface area contributed by atoms with Gasteiger partial charge in [0.05, 0.1) is 23.1 Å². The molecule has 1 aromatic rings. The van der Waals surface area contributed by atoms with E-state index >= 15 is 0 Å². The second kappa shape index (κ2) is 4.75. The number of hydrogen-bond donors (Lipinski definition) is 1. The summed E-state index contributed by atoms with van der Waals surface area (Å²) in [5.74, 6) is 1.36. The first-order valence-corrected chi connectivity index (χ1v) is 6.34. The van der Waals surface area contributed by atoms with Gasteiger partial charge in [0.25, 0.3) is 0 Å². The molecular formula is C11H17N3S. The maximum atomic E-state index is 5.96. The zero-order valence-corrected chi connectivity index (χ0v) is 9.89. The first-order valence-electron chi connectivity index (χ1n) is 5.46. The molecule has 0 atom stereocenters. The highest BCUT2D eigenvalue weighted by atomic mass is 32.1. The molecule has 0 bridgehead atoms. The van der Waals surface area contributed by atoms with Gasteiger partial charge in [-0.25, -0.2) is 4.98 Å². The minimum absolute atomic E-state index is 0.532. The number of amidine groups is 1. The SMILES string of the molecule is Cc1nc(CN=C(N)C2CCCC2)cs1. The van der Waals surface area contributed by atoms with Gasteiger partial charge in [0, 0.05) is 11.3 Å². The predicted octanol–water partition coefficient (Wildman–Crippen LogP) is 2.50. The highest BCUT2D eigenvalue weighted by molar-refractivity contribution is 7.09. The van der Waals surface area contributed by atoms with Gasteiger partial charge in [0.15, 0.2) is 0 Å². The number of aromatic nitrogens is 1. The average molecular weight is 223 g/mol. The summed E-state index contributed by atoms with van der Waals surface area (Å²) in [6, 6.07) is 0. The van der Waals surface area contributed by atoms with Gasteiger partial charge in [-0.2, -0.15) is 0 Å². The van der Waals surface area contributed by atoms with Crippen molar-refractivity contribution in [1.29, 1.82) is 0 Å². The Bertz CT molecular complexity index is 350. The molecule has 1 aliphatic carbocycles. The molecule has 3 nitrogen and oxygen atoms in total. The minimum Gasteiger partial charge on any atom is -0.387 e. The number of nitrogens with zero attached hydrogens (tertiary/aromatic N) is 2. The molecule has 15 heavy (non-hydrogen) atoms. The molecule has 82 valence electrons. The largest absolute Gasteiger partial charge is 0.387 e. The number of aliphatic imine (C=N–C) groups is 1. The first-order chi connectivity index (χ1) is 7.25. The summed E-state index contributed by atoms with van der Waals surface area (Å²) in [5.41, 5.74) is 7.00. The lowest BCUT2D eigenvalue weighted by atomic mass is 10.1. The van der Waals surface area contributed by atoms with E-state index in [9.17, 15) is 0 Å². The van der Waals surface area contributed by atoms with Gasteiger partial charge in [-0.05, 0) is 19.8 Å². The van der Waals surface area contributed by atoms with Crippen LogP contribution in [-0.2, 0) is 6.54 Å². The zero-order valence-electron chi connectivity index (χ0n) is 9.07. The lowest BCUT2D eigenvalue weighted by Crippen LogP contribution is -2.21. The number of hydrogen-bond acceptors (Lipinski definition) is 3. The van der Waals surface area contributed by atoms with Gasteiger partial charge in [-0.15, -0.1) is 11.3 Å². The third-order valence-corrected chi connectivity index (χ3v) is 3.69. The molecule has 1 aliphatic rings. The molecule has 1 fully saturated rings. The fraction of sp³-hybridized carbons (Fsp3) is 0.636.